The number of guanidine groups is 1. The Morgan fingerprint density at radius 2 is 2.00 bits per heavy atom. The van der Waals surface area contributed by atoms with Crippen LogP contribution in [0.5, 0.6) is 0 Å². The molecular formula is C18H26F2N4O. The second kappa shape index (κ2) is 7.99. The van der Waals surface area contributed by atoms with Crippen LogP contribution in [-0.2, 0) is 0 Å². The highest BCUT2D eigenvalue weighted by Gasteiger charge is 2.27. The predicted octanol–water partition coefficient (Wildman–Crippen LogP) is 1.82. The zero-order valence-electron chi connectivity index (χ0n) is 14.6. The Morgan fingerprint density at radius 1 is 1.24 bits per heavy atom. The van der Waals surface area contributed by atoms with Crippen LogP contribution in [-0.4, -0.2) is 61.8 Å². The van der Waals surface area contributed by atoms with Crippen LogP contribution in [0.25, 0.3) is 0 Å². The number of halogens is 2. The van der Waals surface area contributed by atoms with Gasteiger partial charge in [-0.15, -0.1) is 0 Å². The van der Waals surface area contributed by atoms with Crippen molar-refractivity contribution in [1.82, 2.24) is 10.2 Å². The van der Waals surface area contributed by atoms with Crippen molar-refractivity contribution in [3.8, 4) is 0 Å². The molecule has 2 unspecified atom stereocenters. The van der Waals surface area contributed by atoms with Gasteiger partial charge >= 0.3 is 0 Å². The Bertz CT molecular complexity index is 617. The van der Waals surface area contributed by atoms with E-state index in [-0.39, 0.29) is 12.0 Å². The van der Waals surface area contributed by atoms with Crippen LogP contribution in [0.3, 0.4) is 0 Å². The molecule has 0 radical (unpaired) electrons. The van der Waals surface area contributed by atoms with Gasteiger partial charge in [0.25, 0.3) is 0 Å². The van der Waals surface area contributed by atoms with Crippen molar-refractivity contribution in [2.24, 2.45) is 10.9 Å². The molecule has 25 heavy (non-hydrogen) atoms. The molecule has 1 heterocycles. The maximum Gasteiger partial charge on any atom is 0.193 e. The number of anilines is 1. The van der Waals surface area contributed by atoms with E-state index in [2.05, 4.69) is 15.2 Å². The molecule has 0 spiro atoms. The standard InChI is InChI=1S/C18H26F2N4O/c1-21-18(22-12-13-3-2-4-17(13)25)24-9-7-23(8-10-24)16-11-14(19)5-6-15(16)20/h5-6,11,13,17,25H,2-4,7-10,12H2,1H3,(H,21,22). The zero-order chi connectivity index (χ0) is 17.8. The minimum atomic E-state index is -0.425. The highest BCUT2D eigenvalue weighted by molar-refractivity contribution is 5.80. The predicted molar refractivity (Wildman–Crippen MR) is 94.9 cm³/mol. The lowest BCUT2D eigenvalue weighted by atomic mass is 10.1. The van der Waals surface area contributed by atoms with Crippen LogP contribution >= 0.6 is 0 Å². The molecule has 5 nitrogen and oxygen atoms in total. The van der Waals surface area contributed by atoms with Crippen molar-refractivity contribution >= 4 is 11.6 Å². The number of aliphatic imine (C=N–C) groups is 1. The summed E-state index contributed by atoms with van der Waals surface area (Å²) in [5, 5.41) is 13.3. The molecule has 0 aromatic heterocycles. The number of nitrogens with zero attached hydrogens (tertiary/aromatic N) is 3. The third kappa shape index (κ3) is 4.21. The van der Waals surface area contributed by atoms with Crippen molar-refractivity contribution in [2.75, 3.05) is 44.7 Å². The van der Waals surface area contributed by atoms with E-state index < -0.39 is 11.6 Å². The van der Waals surface area contributed by atoms with E-state index in [9.17, 15) is 13.9 Å². The van der Waals surface area contributed by atoms with Crippen LogP contribution in [0.15, 0.2) is 23.2 Å². The molecule has 1 saturated heterocycles. The molecule has 1 aromatic rings. The van der Waals surface area contributed by atoms with Gasteiger partial charge in [0.15, 0.2) is 5.96 Å². The van der Waals surface area contributed by atoms with E-state index in [1.807, 2.05) is 4.90 Å². The number of hydrogen-bond acceptors (Lipinski definition) is 3. The lowest BCUT2D eigenvalue weighted by Crippen LogP contribution is -2.53. The summed E-state index contributed by atoms with van der Waals surface area (Å²) in [5.41, 5.74) is 0.316. The summed E-state index contributed by atoms with van der Waals surface area (Å²) in [6.07, 6.45) is 2.77. The van der Waals surface area contributed by atoms with Gasteiger partial charge in [-0.3, -0.25) is 4.99 Å². The fourth-order valence-electron chi connectivity index (χ4n) is 3.70. The maximum absolute atomic E-state index is 13.9. The molecule has 1 aromatic carbocycles. The third-order valence-corrected chi connectivity index (χ3v) is 5.18. The average Bonchev–Trinajstić information content (AvgIpc) is 3.03. The Labute approximate surface area is 147 Å². The highest BCUT2D eigenvalue weighted by Crippen LogP contribution is 2.25. The van der Waals surface area contributed by atoms with Gasteiger partial charge in [-0.1, -0.05) is 6.42 Å². The summed E-state index contributed by atoms with van der Waals surface area (Å²) in [7, 11) is 1.74. The molecule has 1 aliphatic heterocycles. The fraction of sp³-hybridized carbons (Fsp3) is 0.611. The number of rotatable bonds is 3. The lowest BCUT2D eigenvalue weighted by Gasteiger charge is -2.38. The lowest BCUT2D eigenvalue weighted by molar-refractivity contribution is 0.133. The largest absolute Gasteiger partial charge is 0.393 e. The Hall–Kier alpha value is -1.89. The van der Waals surface area contributed by atoms with Crippen molar-refractivity contribution in [3.63, 3.8) is 0 Å². The van der Waals surface area contributed by atoms with Crippen molar-refractivity contribution in [2.45, 2.75) is 25.4 Å². The molecule has 0 amide bonds. The van der Waals surface area contributed by atoms with Gasteiger partial charge in [-0.2, -0.15) is 0 Å². The summed E-state index contributed by atoms with van der Waals surface area (Å²) < 4.78 is 27.3. The van der Waals surface area contributed by atoms with Crippen LogP contribution in [0, 0.1) is 17.6 Å². The Balaban J connectivity index is 1.54. The van der Waals surface area contributed by atoms with Gasteiger partial charge in [-0.05, 0) is 25.0 Å². The van der Waals surface area contributed by atoms with Crippen LogP contribution in [0.1, 0.15) is 19.3 Å². The summed E-state index contributed by atoms with van der Waals surface area (Å²) in [5.74, 6) is 0.261. The van der Waals surface area contributed by atoms with Crippen LogP contribution < -0.4 is 10.2 Å². The van der Waals surface area contributed by atoms with Gasteiger partial charge in [-0.25, -0.2) is 8.78 Å². The van der Waals surface area contributed by atoms with E-state index in [0.29, 0.717) is 38.4 Å². The van der Waals surface area contributed by atoms with Gasteiger partial charge in [0.2, 0.25) is 0 Å². The molecule has 138 valence electrons. The van der Waals surface area contributed by atoms with E-state index in [1.54, 1.807) is 7.05 Å². The molecule has 2 aliphatic rings. The molecule has 2 fully saturated rings. The van der Waals surface area contributed by atoms with E-state index in [0.717, 1.165) is 31.3 Å². The summed E-state index contributed by atoms with van der Waals surface area (Å²) in [6, 6.07) is 3.56. The molecule has 1 saturated carbocycles. The first-order valence-electron chi connectivity index (χ1n) is 8.92. The van der Waals surface area contributed by atoms with Gasteiger partial charge in [0, 0.05) is 51.8 Å². The quantitative estimate of drug-likeness (QED) is 0.644. The molecule has 3 rings (SSSR count). The van der Waals surface area contributed by atoms with E-state index in [1.165, 1.54) is 12.1 Å². The third-order valence-electron chi connectivity index (χ3n) is 5.18. The number of benzene rings is 1. The molecule has 1 aliphatic carbocycles. The summed E-state index contributed by atoms with van der Waals surface area (Å²) >= 11 is 0. The van der Waals surface area contributed by atoms with Crippen molar-refractivity contribution in [3.05, 3.63) is 29.8 Å². The summed E-state index contributed by atoms with van der Waals surface area (Å²) in [6.45, 7) is 3.29. The van der Waals surface area contributed by atoms with Crippen molar-refractivity contribution < 1.29 is 13.9 Å². The SMILES string of the molecule is CN=C(NCC1CCCC1O)N1CCN(c2cc(F)ccc2F)CC1. The van der Waals surface area contributed by atoms with E-state index >= 15 is 0 Å². The van der Waals surface area contributed by atoms with E-state index in [4.69, 9.17) is 0 Å². The molecular weight excluding hydrogens is 326 g/mol. The minimum absolute atomic E-state index is 0.224. The van der Waals surface area contributed by atoms with Crippen molar-refractivity contribution in [1.29, 1.82) is 0 Å². The maximum atomic E-state index is 13.9. The van der Waals surface area contributed by atoms with Gasteiger partial charge in [0.05, 0.1) is 11.8 Å². The normalized spacial score (nSPS) is 24.7. The summed E-state index contributed by atoms with van der Waals surface area (Å²) in [4.78, 5) is 8.31. The van der Waals surface area contributed by atoms with Gasteiger partial charge < -0.3 is 20.2 Å². The first-order chi connectivity index (χ1) is 12.1. The Kier molecular flexibility index (Phi) is 5.73. The number of hydrogen-bond donors (Lipinski definition) is 2. The zero-order valence-corrected chi connectivity index (χ0v) is 14.6. The molecule has 2 N–H and O–H groups in total. The van der Waals surface area contributed by atoms with Crippen LogP contribution in [0.2, 0.25) is 0 Å². The second-order valence-electron chi connectivity index (χ2n) is 6.76. The van der Waals surface area contributed by atoms with Crippen LogP contribution in [0.4, 0.5) is 14.5 Å². The first kappa shape index (κ1) is 17.9. The monoisotopic (exact) mass is 352 g/mol. The van der Waals surface area contributed by atoms with Gasteiger partial charge in [0.1, 0.15) is 11.6 Å². The fourth-order valence-corrected chi connectivity index (χ4v) is 3.70. The molecule has 7 heteroatoms. The number of aliphatic hydroxyl groups is 1. The smallest absolute Gasteiger partial charge is 0.193 e. The number of piperazine rings is 1. The molecule has 0 bridgehead atoms. The first-order valence-corrected chi connectivity index (χ1v) is 8.92. The number of nitrogens with one attached hydrogen (secondary N) is 1. The minimum Gasteiger partial charge on any atom is -0.393 e. The Morgan fingerprint density at radius 3 is 2.64 bits per heavy atom. The molecule has 2 atom stereocenters. The average molecular weight is 352 g/mol. The second-order valence-corrected chi connectivity index (χ2v) is 6.76. The number of aliphatic hydroxyl groups excluding tert-OH is 1. The topological polar surface area (TPSA) is 51.1 Å². The highest BCUT2D eigenvalue weighted by atomic mass is 19.1.